The van der Waals surface area contributed by atoms with Gasteiger partial charge >= 0.3 is 0 Å². The summed E-state index contributed by atoms with van der Waals surface area (Å²) in [5.74, 6) is 0.852. The first kappa shape index (κ1) is 19.2. The van der Waals surface area contributed by atoms with Gasteiger partial charge < -0.3 is 4.74 Å². The molecule has 1 saturated heterocycles. The van der Waals surface area contributed by atoms with Crippen molar-refractivity contribution in [3.63, 3.8) is 0 Å². The SMILES string of the molecule is Cc1ccc(S(=O)(=O)N2CCN(CCOc3ccccc3)CC2)cc1Cl. The first-order valence-electron chi connectivity index (χ1n) is 8.63. The predicted octanol–water partition coefficient (Wildman–Crippen LogP) is 3.03. The second kappa shape index (κ2) is 8.39. The Balaban J connectivity index is 1.52. The van der Waals surface area contributed by atoms with Crippen molar-refractivity contribution in [3.8, 4) is 5.75 Å². The molecule has 0 aromatic heterocycles. The van der Waals surface area contributed by atoms with E-state index in [2.05, 4.69) is 4.90 Å². The number of hydrogen-bond acceptors (Lipinski definition) is 4. The molecule has 1 aliphatic heterocycles. The third-order valence-corrected chi connectivity index (χ3v) is 6.83. The van der Waals surface area contributed by atoms with E-state index in [0.717, 1.165) is 17.9 Å². The molecule has 140 valence electrons. The molecule has 0 spiro atoms. The van der Waals surface area contributed by atoms with Crippen LogP contribution in [0.5, 0.6) is 5.75 Å². The topological polar surface area (TPSA) is 49.9 Å². The molecule has 0 unspecified atom stereocenters. The van der Waals surface area contributed by atoms with Crippen LogP contribution in [-0.2, 0) is 10.0 Å². The summed E-state index contributed by atoms with van der Waals surface area (Å²) in [7, 11) is -3.50. The van der Waals surface area contributed by atoms with E-state index in [-0.39, 0.29) is 4.90 Å². The quantitative estimate of drug-likeness (QED) is 0.755. The molecule has 0 saturated carbocycles. The maximum absolute atomic E-state index is 12.8. The van der Waals surface area contributed by atoms with Crippen LogP contribution in [-0.4, -0.2) is 57.0 Å². The number of rotatable bonds is 6. The Bertz CT molecular complexity index is 835. The summed E-state index contributed by atoms with van der Waals surface area (Å²) < 4.78 is 32.8. The third-order valence-electron chi connectivity index (χ3n) is 4.53. The van der Waals surface area contributed by atoms with E-state index in [0.29, 0.717) is 37.8 Å². The molecular formula is C19H23ClN2O3S. The summed E-state index contributed by atoms with van der Waals surface area (Å²) in [5.41, 5.74) is 0.869. The van der Waals surface area contributed by atoms with Crippen molar-refractivity contribution in [3.05, 3.63) is 59.1 Å². The highest BCUT2D eigenvalue weighted by molar-refractivity contribution is 7.89. The van der Waals surface area contributed by atoms with Crippen molar-refractivity contribution in [2.45, 2.75) is 11.8 Å². The molecule has 1 fully saturated rings. The molecule has 0 N–H and O–H groups in total. The van der Waals surface area contributed by atoms with Crippen molar-refractivity contribution in [1.29, 1.82) is 0 Å². The van der Waals surface area contributed by atoms with Crippen molar-refractivity contribution in [1.82, 2.24) is 9.21 Å². The fourth-order valence-electron chi connectivity index (χ4n) is 2.89. The van der Waals surface area contributed by atoms with Gasteiger partial charge in [-0.15, -0.1) is 0 Å². The Hall–Kier alpha value is -1.60. The molecule has 3 rings (SSSR count). The maximum Gasteiger partial charge on any atom is 0.243 e. The zero-order chi connectivity index (χ0) is 18.6. The van der Waals surface area contributed by atoms with Crippen LogP contribution < -0.4 is 4.74 Å². The largest absolute Gasteiger partial charge is 0.492 e. The van der Waals surface area contributed by atoms with E-state index in [9.17, 15) is 8.42 Å². The number of piperazine rings is 1. The molecule has 0 bridgehead atoms. The standard InChI is InChI=1S/C19H23ClN2O3S/c1-16-7-8-18(15-19(16)20)26(23,24)22-11-9-21(10-12-22)13-14-25-17-5-3-2-4-6-17/h2-8,15H,9-14H2,1H3. The molecule has 2 aromatic rings. The number of hydrogen-bond donors (Lipinski definition) is 0. The Morgan fingerprint density at radius 1 is 1.04 bits per heavy atom. The molecule has 2 aromatic carbocycles. The second-order valence-corrected chi connectivity index (χ2v) is 8.66. The van der Waals surface area contributed by atoms with Crippen LogP contribution in [0.3, 0.4) is 0 Å². The molecule has 7 heteroatoms. The zero-order valence-corrected chi connectivity index (χ0v) is 16.3. The van der Waals surface area contributed by atoms with Crippen LogP contribution in [0.2, 0.25) is 5.02 Å². The van der Waals surface area contributed by atoms with Crippen LogP contribution in [0, 0.1) is 6.92 Å². The van der Waals surface area contributed by atoms with Crippen molar-refractivity contribution in [2.24, 2.45) is 0 Å². The van der Waals surface area contributed by atoms with Crippen molar-refractivity contribution in [2.75, 3.05) is 39.3 Å². The van der Waals surface area contributed by atoms with E-state index in [4.69, 9.17) is 16.3 Å². The molecule has 0 aliphatic carbocycles. The van der Waals surface area contributed by atoms with Crippen LogP contribution in [0.1, 0.15) is 5.56 Å². The lowest BCUT2D eigenvalue weighted by Gasteiger charge is -2.33. The highest BCUT2D eigenvalue weighted by atomic mass is 35.5. The summed E-state index contributed by atoms with van der Waals surface area (Å²) in [6.45, 7) is 5.55. The number of halogens is 1. The molecule has 5 nitrogen and oxygen atoms in total. The Kier molecular flexibility index (Phi) is 6.19. The molecule has 1 heterocycles. The van der Waals surface area contributed by atoms with E-state index < -0.39 is 10.0 Å². The van der Waals surface area contributed by atoms with Gasteiger partial charge in [0.2, 0.25) is 10.0 Å². The van der Waals surface area contributed by atoms with E-state index in [1.807, 2.05) is 37.3 Å². The van der Waals surface area contributed by atoms with Gasteiger partial charge in [0, 0.05) is 37.7 Å². The lowest BCUT2D eigenvalue weighted by molar-refractivity contribution is 0.159. The molecule has 0 radical (unpaired) electrons. The number of ether oxygens (including phenoxy) is 1. The number of nitrogens with zero attached hydrogens (tertiary/aromatic N) is 2. The van der Waals surface area contributed by atoms with Gasteiger partial charge in [-0.3, -0.25) is 4.90 Å². The summed E-state index contributed by atoms with van der Waals surface area (Å²) in [4.78, 5) is 2.48. The van der Waals surface area contributed by atoms with Gasteiger partial charge in [-0.1, -0.05) is 35.9 Å². The Labute approximate surface area is 160 Å². The lowest BCUT2D eigenvalue weighted by atomic mass is 10.2. The van der Waals surface area contributed by atoms with Crippen LogP contribution in [0.15, 0.2) is 53.4 Å². The minimum Gasteiger partial charge on any atom is -0.492 e. The highest BCUT2D eigenvalue weighted by Gasteiger charge is 2.28. The smallest absolute Gasteiger partial charge is 0.243 e. The van der Waals surface area contributed by atoms with Gasteiger partial charge in [-0.25, -0.2) is 8.42 Å². The Morgan fingerprint density at radius 2 is 1.73 bits per heavy atom. The average Bonchev–Trinajstić information content (AvgIpc) is 2.65. The second-order valence-electron chi connectivity index (χ2n) is 6.32. The van der Waals surface area contributed by atoms with E-state index in [1.165, 1.54) is 10.4 Å². The minimum absolute atomic E-state index is 0.258. The van der Waals surface area contributed by atoms with Gasteiger partial charge in [0.25, 0.3) is 0 Å². The highest BCUT2D eigenvalue weighted by Crippen LogP contribution is 2.23. The predicted molar refractivity (Wildman–Crippen MR) is 103 cm³/mol. The Morgan fingerprint density at radius 3 is 2.38 bits per heavy atom. The van der Waals surface area contributed by atoms with Gasteiger partial charge in [0.05, 0.1) is 4.90 Å². The first-order chi connectivity index (χ1) is 12.5. The molecule has 0 amide bonds. The molecule has 1 aliphatic rings. The fourth-order valence-corrected chi connectivity index (χ4v) is 4.58. The number of aryl methyl sites for hydroxylation is 1. The first-order valence-corrected chi connectivity index (χ1v) is 10.4. The minimum atomic E-state index is -3.50. The van der Waals surface area contributed by atoms with Crippen molar-refractivity contribution < 1.29 is 13.2 Å². The number of benzene rings is 2. The summed E-state index contributed by atoms with van der Waals surface area (Å²) in [6.07, 6.45) is 0. The maximum atomic E-state index is 12.8. The normalized spacial score (nSPS) is 16.5. The van der Waals surface area contributed by atoms with Gasteiger partial charge in [0.15, 0.2) is 0 Å². The summed E-state index contributed by atoms with van der Waals surface area (Å²) in [5, 5.41) is 0.475. The van der Waals surface area contributed by atoms with Gasteiger partial charge in [-0.05, 0) is 36.8 Å². The van der Waals surface area contributed by atoms with Gasteiger partial charge in [0.1, 0.15) is 12.4 Å². The monoisotopic (exact) mass is 394 g/mol. The van der Waals surface area contributed by atoms with E-state index in [1.54, 1.807) is 12.1 Å². The van der Waals surface area contributed by atoms with Crippen molar-refractivity contribution >= 4 is 21.6 Å². The fraction of sp³-hybridized carbons (Fsp3) is 0.368. The summed E-state index contributed by atoms with van der Waals surface area (Å²) >= 11 is 6.08. The van der Waals surface area contributed by atoms with Gasteiger partial charge in [-0.2, -0.15) is 4.31 Å². The molecule has 26 heavy (non-hydrogen) atoms. The van der Waals surface area contributed by atoms with Crippen LogP contribution in [0.4, 0.5) is 0 Å². The molecule has 0 atom stereocenters. The summed E-state index contributed by atoms with van der Waals surface area (Å²) in [6, 6.07) is 14.6. The number of sulfonamides is 1. The number of para-hydroxylation sites is 1. The molecular weight excluding hydrogens is 372 g/mol. The zero-order valence-electron chi connectivity index (χ0n) is 14.8. The van der Waals surface area contributed by atoms with Crippen LogP contribution in [0.25, 0.3) is 0 Å². The third kappa shape index (κ3) is 4.57. The van der Waals surface area contributed by atoms with E-state index >= 15 is 0 Å². The van der Waals surface area contributed by atoms with Crippen LogP contribution >= 0.6 is 11.6 Å². The lowest BCUT2D eigenvalue weighted by Crippen LogP contribution is -2.49. The average molecular weight is 395 g/mol.